The summed E-state index contributed by atoms with van der Waals surface area (Å²) in [5, 5.41) is 2.42. The number of hydrogen-bond donors (Lipinski definition) is 1. The Morgan fingerprint density at radius 2 is 1.92 bits per heavy atom. The summed E-state index contributed by atoms with van der Waals surface area (Å²) in [6.45, 7) is 1.92. The van der Waals surface area contributed by atoms with Crippen LogP contribution in [0.2, 0.25) is 5.02 Å². The zero-order valence-electron chi connectivity index (χ0n) is 13.6. The number of thiocarbonyl (C=S) groups is 1. The van der Waals surface area contributed by atoms with Crippen LogP contribution in [0, 0.1) is 18.7 Å². The first-order valence-electron chi connectivity index (χ1n) is 7.61. The van der Waals surface area contributed by atoms with Gasteiger partial charge in [0.15, 0.2) is 11.0 Å². The number of rotatable bonds is 3. The van der Waals surface area contributed by atoms with Crippen LogP contribution in [-0.4, -0.2) is 23.1 Å². The van der Waals surface area contributed by atoms with Crippen molar-refractivity contribution in [2.45, 2.75) is 6.92 Å². The monoisotopic (exact) mass is 389 g/mol. The largest absolute Gasteiger partial charge is 0.301 e. The first-order valence-corrected chi connectivity index (χ1v) is 8.40. The number of carbonyl (C=O) groups is 2. The van der Waals surface area contributed by atoms with Crippen molar-refractivity contribution >= 4 is 58.3 Å². The van der Waals surface area contributed by atoms with Crippen LogP contribution in [0.4, 0.5) is 15.8 Å². The fraction of sp³-hybridized carbons (Fsp3) is 0.111. The molecule has 0 aromatic heterocycles. The molecule has 1 saturated heterocycles. The summed E-state index contributed by atoms with van der Waals surface area (Å²) in [7, 11) is 0. The van der Waals surface area contributed by atoms with Crippen LogP contribution >= 0.6 is 23.8 Å². The quantitative estimate of drug-likeness (QED) is 0.496. The number of benzene rings is 2. The molecule has 3 rings (SSSR count). The standard InChI is InChI=1S/C18H13ClFN3O2S/c1-10-2-5-12(6-3-10)23-17(25)13(16(24)22-18(23)26)9-21-11-4-7-15(20)14(19)8-11/h2-9,13H,1H3,(H,22,24,26)/t13-/m0/s1. The third-order valence-electron chi connectivity index (χ3n) is 3.77. The van der Waals surface area contributed by atoms with Crippen molar-refractivity contribution in [1.82, 2.24) is 5.32 Å². The highest BCUT2D eigenvalue weighted by Crippen LogP contribution is 2.23. The number of aryl methyl sites for hydroxylation is 1. The van der Waals surface area contributed by atoms with E-state index in [1.54, 1.807) is 12.1 Å². The van der Waals surface area contributed by atoms with Crippen LogP contribution in [0.25, 0.3) is 0 Å². The van der Waals surface area contributed by atoms with E-state index in [1.807, 2.05) is 19.1 Å². The Labute approximate surface area is 159 Å². The molecule has 0 radical (unpaired) electrons. The lowest BCUT2D eigenvalue weighted by Crippen LogP contribution is -2.58. The second kappa shape index (κ2) is 7.31. The highest BCUT2D eigenvalue weighted by Gasteiger charge is 2.38. The van der Waals surface area contributed by atoms with Gasteiger partial charge >= 0.3 is 0 Å². The molecule has 1 aliphatic rings. The molecule has 8 heteroatoms. The highest BCUT2D eigenvalue weighted by molar-refractivity contribution is 7.80. The van der Waals surface area contributed by atoms with Gasteiger partial charge in [-0.1, -0.05) is 29.3 Å². The minimum atomic E-state index is -1.16. The third kappa shape index (κ3) is 3.63. The Balaban J connectivity index is 1.88. The van der Waals surface area contributed by atoms with Crippen molar-refractivity contribution < 1.29 is 14.0 Å². The fourth-order valence-electron chi connectivity index (χ4n) is 2.39. The molecule has 1 fully saturated rings. The van der Waals surface area contributed by atoms with Crippen LogP contribution in [0.5, 0.6) is 0 Å². The average Bonchev–Trinajstić information content (AvgIpc) is 2.59. The second-order valence-electron chi connectivity index (χ2n) is 5.66. The summed E-state index contributed by atoms with van der Waals surface area (Å²) in [5.74, 6) is -2.82. The molecule has 0 spiro atoms. The van der Waals surface area contributed by atoms with Gasteiger partial charge in [-0.2, -0.15) is 0 Å². The lowest BCUT2D eigenvalue weighted by atomic mass is 10.1. The first kappa shape index (κ1) is 18.2. The van der Waals surface area contributed by atoms with Crippen molar-refractivity contribution in [3.8, 4) is 0 Å². The van der Waals surface area contributed by atoms with Gasteiger partial charge in [-0.3, -0.25) is 19.5 Å². The molecule has 0 bridgehead atoms. The van der Waals surface area contributed by atoms with Crippen molar-refractivity contribution in [2.75, 3.05) is 4.90 Å². The maximum absolute atomic E-state index is 13.2. The second-order valence-corrected chi connectivity index (χ2v) is 6.45. The van der Waals surface area contributed by atoms with Crippen LogP contribution in [0.1, 0.15) is 5.56 Å². The van der Waals surface area contributed by atoms with Gasteiger partial charge in [-0.15, -0.1) is 0 Å². The van der Waals surface area contributed by atoms with E-state index < -0.39 is 23.5 Å². The van der Waals surface area contributed by atoms with Crippen molar-refractivity contribution in [3.05, 3.63) is 58.9 Å². The molecule has 1 aliphatic heterocycles. The molecule has 26 heavy (non-hydrogen) atoms. The molecule has 1 heterocycles. The minimum Gasteiger partial charge on any atom is -0.301 e. The Morgan fingerprint density at radius 3 is 2.58 bits per heavy atom. The van der Waals surface area contributed by atoms with E-state index in [4.69, 9.17) is 23.8 Å². The maximum Gasteiger partial charge on any atom is 0.251 e. The van der Waals surface area contributed by atoms with Gasteiger partial charge in [0.25, 0.3) is 5.91 Å². The van der Waals surface area contributed by atoms with Crippen molar-refractivity contribution in [1.29, 1.82) is 0 Å². The van der Waals surface area contributed by atoms with Crippen molar-refractivity contribution in [2.24, 2.45) is 10.9 Å². The average molecular weight is 390 g/mol. The van der Waals surface area contributed by atoms with Gasteiger partial charge in [0.05, 0.1) is 16.4 Å². The maximum atomic E-state index is 13.2. The summed E-state index contributed by atoms with van der Waals surface area (Å²) in [6.07, 6.45) is 1.20. The van der Waals surface area contributed by atoms with Gasteiger partial charge in [0.2, 0.25) is 5.91 Å². The van der Waals surface area contributed by atoms with E-state index in [-0.39, 0.29) is 10.1 Å². The number of aliphatic imine (C=N–C) groups is 1. The summed E-state index contributed by atoms with van der Waals surface area (Å²) >= 11 is 10.8. The number of nitrogens with one attached hydrogen (secondary N) is 1. The molecule has 1 N–H and O–H groups in total. The van der Waals surface area contributed by atoms with Crippen molar-refractivity contribution in [3.63, 3.8) is 0 Å². The normalized spacial score (nSPS) is 17.7. The first-order chi connectivity index (χ1) is 12.4. The molecular weight excluding hydrogens is 377 g/mol. The van der Waals surface area contributed by atoms with E-state index in [9.17, 15) is 14.0 Å². The predicted octanol–water partition coefficient (Wildman–Crippen LogP) is 3.55. The molecule has 2 amide bonds. The molecule has 5 nitrogen and oxygen atoms in total. The molecule has 0 aliphatic carbocycles. The lowest BCUT2D eigenvalue weighted by Gasteiger charge is -2.30. The topological polar surface area (TPSA) is 61.8 Å². The molecular formula is C18H13ClFN3O2S. The number of amides is 2. The van der Waals surface area contributed by atoms with Crippen LogP contribution in [-0.2, 0) is 9.59 Å². The number of anilines is 1. The van der Waals surface area contributed by atoms with Gasteiger partial charge in [0, 0.05) is 6.21 Å². The van der Waals surface area contributed by atoms with Crippen LogP contribution in [0.3, 0.4) is 0 Å². The van der Waals surface area contributed by atoms with Gasteiger partial charge in [0.1, 0.15) is 5.82 Å². The molecule has 2 aromatic carbocycles. The smallest absolute Gasteiger partial charge is 0.251 e. The molecule has 2 aromatic rings. The van der Waals surface area contributed by atoms with E-state index >= 15 is 0 Å². The molecule has 1 atom stereocenters. The molecule has 0 unspecified atom stereocenters. The predicted molar refractivity (Wildman–Crippen MR) is 102 cm³/mol. The fourth-order valence-corrected chi connectivity index (χ4v) is 2.86. The van der Waals surface area contributed by atoms with E-state index in [1.165, 1.54) is 23.2 Å². The number of halogens is 2. The summed E-state index contributed by atoms with van der Waals surface area (Å²) in [6, 6.07) is 11.0. The lowest BCUT2D eigenvalue weighted by molar-refractivity contribution is -0.130. The zero-order chi connectivity index (χ0) is 18.8. The molecule has 0 saturated carbocycles. The summed E-state index contributed by atoms with van der Waals surface area (Å²) in [5.41, 5.74) is 1.90. The van der Waals surface area contributed by atoms with Crippen LogP contribution in [0.15, 0.2) is 47.5 Å². The number of hydrogen-bond acceptors (Lipinski definition) is 4. The SMILES string of the molecule is Cc1ccc(N2C(=O)[C@@H](C=Nc3ccc(F)c(Cl)c3)C(=O)NC2=S)cc1. The van der Waals surface area contributed by atoms with Crippen LogP contribution < -0.4 is 10.2 Å². The summed E-state index contributed by atoms with van der Waals surface area (Å²) in [4.78, 5) is 30.3. The molecule has 132 valence electrons. The highest BCUT2D eigenvalue weighted by atomic mass is 35.5. The third-order valence-corrected chi connectivity index (χ3v) is 4.34. The van der Waals surface area contributed by atoms with E-state index in [2.05, 4.69) is 10.3 Å². The van der Waals surface area contributed by atoms with E-state index in [0.717, 1.165) is 11.6 Å². The zero-order valence-corrected chi connectivity index (χ0v) is 15.1. The Hall–Kier alpha value is -2.64. The Morgan fingerprint density at radius 1 is 1.23 bits per heavy atom. The Bertz CT molecular complexity index is 931. The van der Waals surface area contributed by atoms with E-state index in [0.29, 0.717) is 11.4 Å². The minimum absolute atomic E-state index is 0.0123. The number of carbonyl (C=O) groups excluding carboxylic acids is 2. The Kier molecular flexibility index (Phi) is 5.11. The van der Waals surface area contributed by atoms with Gasteiger partial charge in [-0.05, 0) is 49.5 Å². The summed E-state index contributed by atoms with van der Waals surface area (Å²) < 4.78 is 13.2. The van der Waals surface area contributed by atoms with Gasteiger partial charge < -0.3 is 5.32 Å². The van der Waals surface area contributed by atoms with Gasteiger partial charge in [-0.25, -0.2) is 4.39 Å². The number of nitrogens with zero attached hydrogens (tertiary/aromatic N) is 2.